The molecule has 1 heterocycles. The fourth-order valence-corrected chi connectivity index (χ4v) is 2.44. The van der Waals surface area contributed by atoms with E-state index in [2.05, 4.69) is 31.0 Å². The van der Waals surface area contributed by atoms with E-state index in [0.717, 1.165) is 6.54 Å². The average Bonchev–Trinajstić information content (AvgIpc) is 2.24. The van der Waals surface area contributed by atoms with Crippen LogP contribution in [0.3, 0.4) is 0 Å². The van der Waals surface area contributed by atoms with Crippen molar-refractivity contribution in [2.24, 2.45) is 5.41 Å². The molecule has 1 aliphatic heterocycles. The second kappa shape index (κ2) is 6.41. The van der Waals surface area contributed by atoms with Gasteiger partial charge in [0.25, 0.3) is 0 Å². The highest BCUT2D eigenvalue weighted by atomic mass is 19.4. The van der Waals surface area contributed by atoms with Crippen LogP contribution in [0.2, 0.25) is 0 Å². The Balaban J connectivity index is 2.38. The second-order valence-electron chi connectivity index (χ2n) is 6.40. The molecule has 19 heavy (non-hydrogen) atoms. The minimum atomic E-state index is -4.08. The van der Waals surface area contributed by atoms with E-state index in [9.17, 15) is 13.2 Å². The van der Waals surface area contributed by atoms with E-state index in [1.165, 1.54) is 4.90 Å². The molecule has 0 saturated carbocycles. The number of nitrogens with one attached hydrogen (secondary N) is 1. The molecule has 1 N–H and O–H groups in total. The number of hydrogen-bond donors (Lipinski definition) is 1. The third kappa shape index (κ3) is 6.10. The summed E-state index contributed by atoms with van der Waals surface area (Å²) >= 11 is 0. The molecule has 0 aromatic rings. The molecule has 1 unspecified atom stereocenters. The molecule has 1 saturated heterocycles. The Labute approximate surface area is 114 Å². The van der Waals surface area contributed by atoms with Crippen LogP contribution >= 0.6 is 0 Å². The zero-order valence-corrected chi connectivity index (χ0v) is 12.3. The lowest BCUT2D eigenvalue weighted by Crippen LogP contribution is -2.54. The van der Waals surface area contributed by atoms with Crippen LogP contribution in [0.5, 0.6) is 0 Å². The highest BCUT2D eigenvalue weighted by Crippen LogP contribution is 2.21. The molecule has 3 nitrogen and oxygen atoms in total. The maximum atomic E-state index is 12.3. The fourth-order valence-electron chi connectivity index (χ4n) is 2.44. The van der Waals surface area contributed by atoms with Gasteiger partial charge in [0.05, 0.1) is 6.54 Å². The first-order chi connectivity index (χ1) is 8.62. The summed E-state index contributed by atoms with van der Waals surface area (Å²) in [7, 11) is 1.94. The lowest BCUT2D eigenvalue weighted by molar-refractivity contribution is -0.149. The van der Waals surface area contributed by atoms with Gasteiger partial charge in [0.1, 0.15) is 0 Å². The Hall–Kier alpha value is -0.330. The molecule has 0 aromatic carbocycles. The van der Waals surface area contributed by atoms with Gasteiger partial charge >= 0.3 is 6.18 Å². The summed E-state index contributed by atoms with van der Waals surface area (Å²) in [6.45, 7) is 9.06. The zero-order chi connectivity index (χ0) is 14.7. The van der Waals surface area contributed by atoms with E-state index in [4.69, 9.17) is 0 Å². The molecule has 6 heteroatoms. The van der Waals surface area contributed by atoms with E-state index in [1.807, 2.05) is 7.05 Å². The predicted octanol–water partition coefficient (Wildman–Crippen LogP) is 1.80. The Bertz CT molecular complexity index is 265. The van der Waals surface area contributed by atoms with Crippen molar-refractivity contribution in [3.05, 3.63) is 0 Å². The van der Waals surface area contributed by atoms with Crippen LogP contribution in [0.4, 0.5) is 13.2 Å². The number of hydrogen-bond acceptors (Lipinski definition) is 3. The first-order valence-corrected chi connectivity index (χ1v) is 6.80. The van der Waals surface area contributed by atoms with Crippen LogP contribution in [0.15, 0.2) is 0 Å². The summed E-state index contributed by atoms with van der Waals surface area (Å²) < 4.78 is 36.9. The summed E-state index contributed by atoms with van der Waals surface area (Å²) in [5, 5.41) is 3.30. The molecule has 1 fully saturated rings. The van der Waals surface area contributed by atoms with Crippen LogP contribution in [-0.4, -0.2) is 68.3 Å². The molecule has 0 bridgehead atoms. The summed E-state index contributed by atoms with van der Waals surface area (Å²) in [6, 6.07) is 0.349. The van der Waals surface area contributed by atoms with Crippen LogP contribution in [0.1, 0.15) is 20.8 Å². The molecule has 114 valence electrons. The molecule has 0 spiro atoms. The number of rotatable bonds is 4. The zero-order valence-electron chi connectivity index (χ0n) is 12.3. The third-order valence-corrected chi connectivity index (χ3v) is 3.70. The standard InChI is InChI=1S/C13H26F3N3/c1-12(2,3)11(17-4)9-18-5-7-19(8-6-18)10-13(14,15)16/h11,17H,5-10H2,1-4H3. The highest BCUT2D eigenvalue weighted by Gasteiger charge is 2.33. The highest BCUT2D eigenvalue weighted by molar-refractivity contribution is 4.84. The van der Waals surface area contributed by atoms with Gasteiger partial charge in [-0.2, -0.15) is 13.2 Å². The Morgan fingerprint density at radius 2 is 1.47 bits per heavy atom. The van der Waals surface area contributed by atoms with Gasteiger partial charge in [0.15, 0.2) is 0 Å². The SMILES string of the molecule is CNC(CN1CCN(CC(F)(F)F)CC1)C(C)(C)C. The smallest absolute Gasteiger partial charge is 0.315 e. The monoisotopic (exact) mass is 281 g/mol. The van der Waals surface area contributed by atoms with Crippen LogP contribution < -0.4 is 5.32 Å². The van der Waals surface area contributed by atoms with Gasteiger partial charge in [-0.05, 0) is 12.5 Å². The molecule has 0 radical (unpaired) electrons. The molecule has 1 aliphatic rings. The van der Waals surface area contributed by atoms with Crippen molar-refractivity contribution in [3.8, 4) is 0 Å². The van der Waals surface area contributed by atoms with Crippen molar-refractivity contribution in [2.45, 2.75) is 33.0 Å². The van der Waals surface area contributed by atoms with Crippen molar-refractivity contribution >= 4 is 0 Å². The minimum Gasteiger partial charge on any atom is -0.315 e. The number of halogens is 3. The van der Waals surface area contributed by atoms with Crippen LogP contribution in [0.25, 0.3) is 0 Å². The topological polar surface area (TPSA) is 18.5 Å². The summed E-state index contributed by atoms with van der Waals surface area (Å²) in [5.41, 5.74) is 0.151. The maximum Gasteiger partial charge on any atom is 0.401 e. The summed E-state index contributed by atoms with van der Waals surface area (Å²) in [6.07, 6.45) is -4.08. The molecule has 0 amide bonds. The van der Waals surface area contributed by atoms with Crippen molar-refractivity contribution < 1.29 is 13.2 Å². The Kier molecular flexibility index (Phi) is 5.65. The lowest BCUT2D eigenvalue weighted by atomic mass is 9.86. The maximum absolute atomic E-state index is 12.3. The van der Waals surface area contributed by atoms with Gasteiger partial charge in [-0.3, -0.25) is 9.80 Å². The average molecular weight is 281 g/mol. The van der Waals surface area contributed by atoms with E-state index >= 15 is 0 Å². The normalized spacial score (nSPS) is 21.6. The van der Waals surface area contributed by atoms with Crippen molar-refractivity contribution in [3.63, 3.8) is 0 Å². The molecular formula is C13H26F3N3. The number of likely N-dealkylation sites (N-methyl/N-ethyl adjacent to an activating group) is 1. The van der Waals surface area contributed by atoms with Gasteiger partial charge in [0, 0.05) is 38.8 Å². The van der Waals surface area contributed by atoms with Crippen molar-refractivity contribution in [2.75, 3.05) is 46.3 Å². The summed E-state index contributed by atoms with van der Waals surface area (Å²) in [4.78, 5) is 3.74. The van der Waals surface area contributed by atoms with E-state index in [-0.39, 0.29) is 5.41 Å². The van der Waals surface area contributed by atoms with Gasteiger partial charge in [0.2, 0.25) is 0 Å². The predicted molar refractivity (Wildman–Crippen MR) is 71.2 cm³/mol. The Morgan fingerprint density at radius 1 is 1.00 bits per heavy atom. The van der Waals surface area contributed by atoms with Crippen molar-refractivity contribution in [1.82, 2.24) is 15.1 Å². The van der Waals surface area contributed by atoms with Crippen LogP contribution in [-0.2, 0) is 0 Å². The number of alkyl halides is 3. The largest absolute Gasteiger partial charge is 0.401 e. The quantitative estimate of drug-likeness (QED) is 0.848. The van der Waals surface area contributed by atoms with Crippen molar-refractivity contribution in [1.29, 1.82) is 0 Å². The first-order valence-electron chi connectivity index (χ1n) is 6.80. The van der Waals surface area contributed by atoms with Crippen LogP contribution in [0, 0.1) is 5.41 Å². The second-order valence-corrected chi connectivity index (χ2v) is 6.40. The van der Waals surface area contributed by atoms with Gasteiger partial charge in [-0.15, -0.1) is 0 Å². The lowest BCUT2D eigenvalue weighted by Gasteiger charge is -2.39. The number of nitrogens with zero attached hydrogens (tertiary/aromatic N) is 2. The summed E-state index contributed by atoms with van der Waals surface area (Å²) in [5.74, 6) is 0. The van der Waals surface area contributed by atoms with E-state index in [1.54, 1.807) is 0 Å². The molecule has 0 aliphatic carbocycles. The number of piperazine rings is 1. The van der Waals surface area contributed by atoms with Gasteiger partial charge in [-0.1, -0.05) is 20.8 Å². The van der Waals surface area contributed by atoms with Gasteiger partial charge in [-0.25, -0.2) is 0 Å². The minimum absolute atomic E-state index is 0.151. The first kappa shape index (κ1) is 16.7. The Morgan fingerprint density at radius 3 is 1.84 bits per heavy atom. The van der Waals surface area contributed by atoms with E-state index in [0.29, 0.717) is 32.2 Å². The fraction of sp³-hybridized carbons (Fsp3) is 1.00. The molecule has 1 atom stereocenters. The molecule has 0 aromatic heterocycles. The van der Waals surface area contributed by atoms with E-state index < -0.39 is 12.7 Å². The molecule has 1 rings (SSSR count). The molecular weight excluding hydrogens is 255 g/mol. The third-order valence-electron chi connectivity index (χ3n) is 3.70. The van der Waals surface area contributed by atoms with Gasteiger partial charge < -0.3 is 5.32 Å².